The van der Waals surface area contributed by atoms with Crippen LogP contribution >= 0.6 is 22.9 Å². The van der Waals surface area contributed by atoms with Crippen LogP contribution in [-0.2, 0) is 0 Å². The van der Waals surface area contributed by atoms with Crippen molar-refractivity contribution in [3.63, 3.8) is 0 Å². The average Bonchev–Trinajstić information content (AvgIpc) is 3.59. The second kappa shape index (κ2) is 9.49. The smallest absolute Gasteiger partial charge is 0.223 e. The van der Waals surface area contributed by atoms with E-state index in [1.807, 2.05) is 41.4 Å². The SMILES string of the molecule is CC(C)c1ccc([C@H]2CC(c3cccs3)=NN2c2nc(-c3ccccc3)c3cc(Cl)ccc3n2)cc1. The molecular weight excluding hydrogens is 484 g/mol. The number of hydrogen-bond acceptors (Lipinski definition) is 5. The summed E-state index contributed by atoms with van der Waals surface area (Å²) in [5, 5.41) is 10.8. The quantitative estimate of drug-likeness (QED) is 0.239. The summed E-state index contributed by atoms with van der Waals surface area (Å²) in [5.41, 5.74) is 6.31. The molecular formula is C30H25ClN4S. The van der Waals surface area contributed by atoms with Crippen molar-refractivity contribution < 1.29 is 0 Å². The Labute approximate surface area is 219 Å². The highest BCUT2D eigenvalue weighted by molar-refractivity contribution is 7.12. The van der Waals surface area contributed by atoms with Crippen LogP contribution in [-0.4, -0.2) is 15.7 Å². The summed E-state index contributed by atoms with van der Waals surface area (Å²) >= 11 is 8.08. The van der Waals surface area contributed by atoms with E-state index < -0.39 is 0 Å². The van der Waals surface area contributed by atoms with Gasteiger partial charge in [0.25, 0.3) is 0 Å². The standard InChI is InChI=1S/C30H25ClN4S/c1-19(2)20-10-12-21(13-11-20)27-18-26(28-9-6-16-36-28)34-35(27)30-32-25-15-14-23(31)17-24(25)29(33-30)22-7-4-3-5-8-22/h3-17,19,27H,18H2,1-2H3/t27-/m1/s1. The maximum absolute atomic E-state index is 6.37. The number of hydrazone groups is 1. The molecule has 2 aromatic heterocycles. The Morgan fingerprint density at radius 3 is 2.44 bits per heavy atom. The lowest BCUT2D eigenvalue weighted by molar-refractivity contribution is 0.688. The largest absolute Gasteiger partial charge is 0.247 e. The van der Waals surface area contributed by atoms with Crippen molar-refractivity contribution in [2.75, 3.05) is 5.01 Å². The van der Waals surface area contributed by atoms with Gasteiger partial charge in [-0.2, -0.15) is 5.10 Å². The van der Waals surface area contributed by atoms with Crippen LogP contribution in [0.15, 0.2) is 95.4 Å². The second-order valence-corrected chi connectivity index (χ2v) is 10.7. The Hall–Kier alpha value is -3.54. The fourth-order valence-electron chi connectivity index (χ4n) is 4.66. The first-order chi connectivity index (χ1) is 17.6. The van der Waals surface area contributed by atoms with Gasteiger partial charge in [0.15, 0.2) is 0 Å². The Morgan fingerprint density at radius 1 is 0.917 bits per heavy atom. The monoisotopic (exact) mass is 508 g/mol. The number of nitrogens with zero attached hydrogens (tertiary/aromatic N) is 4. The minimum absolute atomic E-state index is 0.0108. The van der Waals surface area contributed by atoms with Crippen LogP contribution in [0.3, 0.4) is 0 Å². The fraction of sp³-hybridized carbons (Fsp3) is 0.167. The first kappa shape index (κ1) is 22.9. The van der Waals surface area contributed by atoms with E-state index in [0.29, 0.717) is 16.9 Å². The fourth-order valence-corrected chi connectivity index (χ4v) is 5.55. The molecule has 0 saturated heterocycles. The molecule has 3 heterocycles. The Morgan fingerprint density at radius 2 is 1.72 bits per heavy atom. The maximum Gasteiger partial charge on any atom is 0.247 e. The van der Waals surface area contributed by atoms with Gasteiger partial charge in [-0.1, -0.05) is 86.1 Å². The minimum Gasteiger partial charge on any atom is -0.223 e. The van der Waals surface area contributed by atoms with Gasteiger partial charge >= 0.3 is 0 Å². The molecule has 36 heavy (non-hydrogen) atoms. The second-order valence-electron chi connectivity index (χ2n) is 9.31. The highest BCUT2D eigenvalue weighted by atomic mass is 35.5. The van der Waals surface area contributed by atoms with Crippen molar-refractivity contribution in [3.8, 4) is 11.3 Å². The molecule has 0 bridgehead atoms. The zero-order chi connectivity index (χ0) is 24.6. The first-order valence-electron chi connectivity index (χ1n) is 12.1. The van der Waals surface area contributed by atoms with Crippen LogP contribution in [0, 0.1) is 0 Å². The van der Waals surface area contributed by atoms with Crippen molar-refractivity contribution in [2.24, 2.45) is 5.10 Å². The van der Waals surface area contributed by atoms with Crippen molar-refractivity contribution in [3.05, 3.63) is 111 Å². The molecule has 6 heteroatoms. The van der Waals surface area contributed by atoms with Gasteiger partial charge in [0, 0.05) is 22.4 Å². The first-order valence-corrected chi connectivity index (χ1v) is 13.4. The van der Waals surface area contributed by atoms with Crippen LogP contribution < -0.4 is 5.01 Å². The number of fused-ring (bicyclic) bond motifs is 1. The molecule has 1 aliphatic rings. The van der Waals surface area contributed by atoms with E-state index in [4.69, 9.17) is 26.7 Å². The number of anilines is 1. The summed E-state index contributed by atoms with van der Waals surface area (Å²) in [6.07, 6.45) is 0.796. The number of benzene rings is 3. The van der Waals surface area contributed by atoms with E-state index >= 15 is 0 Å². The normalized spacial score (nSPS) is 15.6. The Kier molecular flexibility index (Phi) is 6.04. The molecule has 4 nitrogen and oxygen atoms in total. The zero-order valence-corrected chi connectivity index (χ0v) is 21.7. The number of halogens is 1. The minimum atomic E-state index is 0.0108. The van der Waals surface area contributed by atoms with Gasteiger partial charge < -0.3 is 0 Å². The van der Waals surface area contributed by atoms with Crippen LogP contribution in [0.4, 0.5) is 5.95 Å². The molecule has 178 valence electrons. The van der Waals surface area contributed by atoms with Crippen molar-refractivity contribution in [1.82, 2.24) is 9.97 Å². The van der Waals surface area contributed by atoms with Gasteiger partial charge in [-0.15, -0.1) is 11.3 Å². The topological polar surface area (TPSA) is 41.4 Å². The molecule has 3 aromatic carbocycles. The third-order valence-corrected chi connectivity index (χ3v) is 7.76. The molecule has 0 fully saturated rings. The summed E-state index contributed by atoms with van der Waals surface area (Å²) < 4.78 is 0. The summed E-state index contributed by atoms with van der Waals surface area (Å²) in [7, 11) is 0. The number of hydrogen-bond donors (Lipinski definition) is 0. The third-order valence-electron chi connectivity index (χ3n) is 6.60. The van der Waals surface area contributed by atoms with Gasteiger partial charge in [0.1, 0.15) is 0 Å². The van der Waals surface area contributed by atoms with Crippen molar-refractivity contribution in [1.29, 1.82) is 0 Å². The Balaban J connectivity index is 1.51. The molecule has 6 rings (SSSR count). The number of rotatable bonds is 5. The van der Waals surface area contributed by atoms with E-state index in [1.54, 1.807) is 11.3 Å². The lowest BCUT2D eigenvalue weighted by Gasteiger charge is -2.23. The molecule has 0 aliphatic carbocycles. The number of aromatic nitrogens is 2. The van der Waals surface area contributed by atoms with Crippen LogP contribution in [0.1, 0.15) is 48.2 Å². The zero-order valence-electron chi connectivity index (χ0n) is 20.1. The van der Waals surface area contributed by atoms with Crippen LogP contribution in [0.2, 0.25) is 5.02 Å². The van der Waals surface area contributed by atoms with Crippen LogP contribution in [0.25, 0.3) is 22.2 Å². The predicted octanol–water partition coefficient (Wildman–Crippen LogP) is 8.49. The third kappa shape index (κ3) is 4.29. The molecule has 0 saturated carbocycles. The molecule has 0 spiro atoms. The van der Waals surface area contributed by atoms with Gasteiger partial charge in [-0.25, -0.2) is 15.0 Å². The molecule has 5 aromatic rings. The number of thiophene rings is 1. The molecule has 1 aliphatic heterocycles. The summed E-state index contributed by atoms with van der Waals surface area (Å²) in [6, 6.07) is 29.1. The molecule has 0 amide bonds. The van der Waals surface area contributed by atoms with E-state index in [0.717, 1.165) is 34.3 Å². The Bertz CT molecular complexity index is 1540. The highest BCUT2D eigenvalue weighted by Crippen LogP contribution is 2.38. The highest BCUT2D eigenvalue weighted by Gasteiger charge is 2.32. The summed E-state index contributed by atoms with van der Waals surface area (Å²) in [4.78, 5) is 11.2. The van der Waals surface area contributed by atoms with Gasteiger partial charge in [-0.05, 0) is 46.7 Å². The van der Waals surface area contributed by atoms with E-state index in [-0.39, 0.29) is 6.04 Å². The van der Waals surface area contributed by atoms with Gasteiger partial charge in [0.2, 0.25) is 5.95 Å². The van der Waals surface area contributed by atoms with Crippen molar-refractivity contribution >= 4 is 45.5 Å². The van der Waals surface area contributed by atoms with E-state index in [2.05, 4.69) is 67.8 Å². The lowest BCUT2D eigenvalue weighted by Crippen LogP contribution is -2.21. The molecule has 0 unspecified atom stereocenters. The lowest BCUT2D eigenvalue weighted by atomic mass is 9.97. The molecule has 0 radical (unpaired) electrons. The summed E-state index contributed by atoms with van der Waals surface area (Å²) in [6.45, 7) is 4.43. The molecule has 1 atom stereocenters. The average molecular weight is 509 g/mol. The van der Waals surface area contributed by atoms with E-state index in [1.165, 1.54) is 16.0 Å². The van der Waals surface area contributed by atoms with E-state index in [9.17, 15) is 0 Å². The summed E-state index contributed by atoms with van der Waals surface area (Å²) in [5.74, 6) is 1.08. The maximum atomic E-state index is 6.37. The van der Waals surface area contributed by atoms with Gasteiger partial charge in [0.05, 0.1) is 27.8 Å². The molecule has 0 N–H and O–H groups in total. The van der Waals surface area contributed by atoms with Crippen molar-refractivity contribution in [2.45, 2.75) is 32.2 Å². The van der Waals surface area contributed by atoms with Crippen LogP contribution in [0.5, 0.6) is 0 Å². The van der Waals surface area contributed by atoms with Gasteiger partial charge in [-0.3, -0.25) is 0 Å². The predicted molar refractivity (Wildman–Crippen MR) is 151 cm³/mol.